The second-order valence-electron chi connectivity index (χ2n) is 16.2. The van der Waals surface area contributed by atoms with Crippen LogP contribution in [0.5, 0.6) is 0 Å². The molecule has 0 unspecified atom stereocenters. The van der Waals surface area contributed by atoms with Crippen molar-refractivity contribution in [3.05, 3.63) is 303 Å². The summed E-state index contributed by atoms with van der Waals surface area (Å²) in [5.41, 5.74) is 12.6. The zero-order chi connectivity index (χ0) is 50.9. The Balaban J connectivity index is 0.000000193. The number of halogens is 4. The molecule has 78 heavy (non-hydrogen) atoms. The van der Waals surface area contributed by atoms with Crippen molar-refractivity contribution in [2.24, 2.45) is 0 Å². The van der Waals surface area contributed by atoms with Gasteiger partial charge in [0.15, 0.2) is 0 Å². The van der Waals surface area contributed by atoms with Crippen molar-refractivity contribution in [2.45, 2.75) is 14.9 Å². The third-order valence-corrected chi connectivity index (χ3v) is 11.3. The number of hydrogen-bond donors (Lipinski definition) is 0. The molecule has 8 aromatic carbocycles. The van der Waals surface area contributed by atoms with E-state index in [-0.39, 0.29) is 66.2 Å². The van der Waals surface area contributed by atoms with Gasteiger partial charge in [-0.05, 0) is 68.3 Å². The van der Waals surface area contributed by atoms with Crippen molar-refractivity contribution >= 4 is 0 Å². The number of nitrogens with zero attached hydrogens (tertiary/aromatic N) is 6. The topological polar surface area (TPSA) is 61.4 Å². The molecular weight excluding hydrogens is 1340 g/mol. The Bertz CT molecular complexity index is 3390. The van der Waals surface area contributed by atoms with E-state index < -0.39 is 23.3 Å². The van der Waals surface area contributed by atoms with Gasteiger partial charge in [0.2, 0.25) is 0 Å². The minimum Gasteiger partial charge on any atom is -0.305 e. The summed E-state index contributed by atoms with van der Waals surface area (Å²) in [6.45, 7) is 0. The zero-order valence-electron chi connectivity index (χ0n) is 40.1. The predicted octanol–water partition coefficient (Wildman–Crippen LogP) is 16.9. The van der Waals surface area contributed by atoms with Crippen LogP contribution >= 0.6 is 0 Å². The molecule has 0 aliphatic heterocycles. The Hall–Kier alpha value is -8.50. The Kier molecular flexibility index (Phi) is 23.4. The van der Waals surface area contributed by atoms with Crippen molar-refractivity contribution in [3.8, 4) is 78.4 Å². The second kappa shape index (κ2) is 30.3. The zero-order valence-corrected chi connectivity index (χ0v) is 44.9. The fourth-order valence-electron chi connectivity index (χ4n) is 7.54. The van der Waals surface area contributed by atoms with Gasteiger partial charge in [0, 0.05) is 99.4 Å². The molecule has 0 fully saturated rings. The molecule has 6 nitrogen and oxygen atoms in total. The van der Waals surface area contributed by atoms with Gasteiger partial charge in [-0.2, -0.15) is 58.7 Å². The molecule has 12 aromatic rings. The van der Waals surface area contributed by atoms with Gasteiger partial charge in [-0.3, -0.25) is 26.9 Å². The summed E-state index contributed by atoms with van der Waals surface area (Å²) in [4.78, 5) is 7.89. The fraction of sp³-hybridized carbons (Fsp3) is 0.0303. The third kappa shape index (κ3) is 16.3. The average Bonchev–Trinajstić information content (AvgIpc) is 4.20. The molecule has 0 atom stereocenters. The van der Waals surface area contributed by atoms with Crippen LogP contribution in [-0.2, 0) is 40.2 Å². The van der Waals surface area contributed by atoms with E-state index in [0.29, 0.717) is 11.4 Å². The van der Waals surface area contributed by atoms with E-state index in [1.165, 1.54) is 22.3 Å². The molecule has 0 amide bonds. The molecule has 4 heterocycles. The summed E-state index contributed by atoms with van der Waals surface area (Å²) >= 11 is 0. The van der Waals surface area contributed by atoms with E-state index >= 15 is 0 Å². The van der Waals surface area contributed by atoms with E-state index in [4.69, 9.17) is 0 Å². The SMILES string of the molecule is C.C.Fc1c[c-]c(-c2ccccn2)c(F)c1.Fc1c[c-]c(-c2ccccn2)c(F)c1.[Ir].[Ir].[c-]1ccccc1-n1cc(-c2ccc(-c3ccccc3)cc2)cn1.[c-]1ccccc1-n1cc(-c2ccc(-c3ccccc3)cc2)cn1. The van der Waals surface area contributed by atoms with Crippen LogP contribution in [-0.4, -0.2) is 29.5 Å². The van der Waals surface area contributed by atoms with E-state index in [1.807, 2.05) is 94.8 Å². The van der Waals surface area contributed by atoms with Gasteiger partial charge in [0.05, 0.1) is 12.4 Å². The molecule has 4 aromatic heterocycles. The molecule has 2 radical (unpaired) electrons. The number of hydrogen-bond acceptors (Lipinski definition) is 4. The van der Waals surface area contributed by atoms with Gasteiger partial charge in [-0.25, -0.2) is 0 Å². The van der Waals surface area contributed by atoms with E-state index in [2.05, 4.69) is 141 Å². The average molecular weight is 1390 g/mol. The number of rotatable bonds is 8. The smallest absolute Gasteiger partial charge is 0.0571 e. The Morgan fingerprint density at radius 2 is 0.679 bits per heavy atom. The minimum atomic E-state index is -0.649. The molecule has 12 heteroatoms. The van der Waals surface area contributed by atoms with E-state index in [0.717, 1.165) is 57.9 Å². The molecule has 0 N–H and O–H groups in total. The standard InChI is InChI=1S/2C21H15N2.2C11H6F2N.2CH4.2Ir/c2*1-3-7-17(8-4-1)18-11-13-19(14-12-18)20-15-22-23(16-20)21-9-5-2-6-10-21;2*12-8-4-5-9(10(13)7-8)11-3-1-2-6-14-11;;;;/h2*1-9,11-16H;2*1-4,6-7H;2*1H4;;/q4*-1;;;;. The van der Waals surface area contributed by atoms with Gasteiger partial charge in [-0.15, -0.1) is 36.4 Å². The maximum Gasteiger partial charge on any atom is 0.0571 e. The maximum atomic E-state index is 13.2. The monoisotopic (exact) mass is 1390 g/mol. The molecule has 0 spiro atoms. The van der Waals surface area contributed by atoms with Crippen LogP contribution in [0.25, 0.3) is 78.4 Å². The Morgan fingerprint density at radius 1 is 0.346 bits per heavy atom. The summed E-state index contributed by atoms with van der Waals surface area (Å²) in [5, 5.41) is 8.86. The van der Waals surface area contributed by atoms with E-state index in [9.17, 15) is 17.6 Å². The Labute approximate surface area is 480 Å². The number of benzene rings is 8. The fourth-order valence-corrected chi connectivity index (χ4v) is 7.54. The molecule has 0 saturated heterocycles. The van der Waals surface area contributed by atoms with Crippen molar-refractivity contribution in [1.82, 2.24) is 29.5 Å². The van der Waals surface area contributed by atoms with Crippen molar-refractivity contribution in [3.63, 3.8) is 0 Å². The molecule has 0 saturated carbocycles. The summed E-state index contributed by atoms with van der Waals surface area (Å²) in [6.07, 6.45) is 10.9. The summed E-state index contributed by atoms with van der Waals surface area (Å²) in [6, 6.07) is 79.0. The van der Waals surface area contributed by atoms with Crippen LogP contribution in [0.4, 0.5) is 17.6 Å². The molecule has 394 valence electrons. The van der Waals surface area contributed by atoms with Gasteiger partial charge in [0.25, 0.3) is 0 Å². The largest absolute Gasteiger partial charge is 0.305 e. The number of aromatic nitrogens is 6. The molecule has 0 aliphatic rings. The molecule has 12 rings (SSSR count). The Morgan fingerprint density at radius 3 is 1.00 bits per heavy atom. The summed E-state index contributed by atoms with van der Waals surface area (Å²) < 4.78 is 55.3. The van der Waals surface area contributed by atoms with Gasteiger partial charge in [-0.1, -0.05) is 172 Å². The quantitative estimate of drug-likeness (QED) is 0.112. The third-order valence-electron chi connectivity index (χ3n) is 11.3. The van der Waals surface area contributed by atoms with Crippen molar-refractivity contribution in [1.29, 1.82) is 0 Å². The van der Waals surface area contributed by atoms with Gasteiger partial charge >= 0.3 is 0 Å². The molecule has 0 bridgehead atoms. The first-order valence-corrected chi connectivity index (χ1v) is 23.3. The minimum absolute atomic E-state index is 0. The summed E-state index contributed by atoms with van der Waals surface area (Å²) in [7, 11) is 0. The van der Waals surface area contributed by atoms with Gasteiger partial charge in [0.1, 0.15) is 0 Å². The maximum absolute atomic E-state index is 13.2. The predicted molar refractivity (Wildman–Crippen MR) is 297 cm³/mol. The summed E-state index contributed by atoms with van der Waals surface area (Å²) in [5.74, 6) is -2.57. The van der Waals surface area contributed by atoms with Crippen LogP contribution < -0.4 is 0 Å². The molecular formula is C66H50F4Ir2N6-4. The molecule has 0 aliphatic carbocycles. The first kappa shape index (κ1) is 60.4. The number of pyridine rings is 2. The van der Waals surface area contributed by atoms with Crippen LogP contribution in [0.15, 0.2) is 256 Å². The van der Waals surface area contributed by atoms with Crippen LogP contribution in [0, 0.1) is 47.5 Å². The first-order valence-electron chi connectivity index (χ1n) is 23.3. The van der Waals surface area contributed by atoms with Crippen LogP contribution in [0.1, 0.15) is 14.9 Å². The first-order chi connectivity index (χ1) is 36.3. The van der Waals surface area contributed by atoms with Crippen molar-refractivity contribution < 1.29 is 57.8 Å². The van der Waals surface area contributed by atoms with E-state index in [1.54, 1.807) is 48.8 Å². The van der Waals surface area contributed by atoms with Crippen molar-refractivity contribution in [2.75, 3.05) is 0 Å². The normalized spacial score (nSPS) is 9.90. The number of para-hydroxylation sites is 2. The second-order valence-corrected chi connectivity index (χ2v) is 16.2. The van der Waals surface area contributed by atoms with Crippen LogP contribution in [0.3, 0.4) is 0 Å². The van der Waals surface area contributed by atoms with Gasteiger partial charge < -0.3 is 9.97 Å². The van der Waals surface area contributed by atoms with Crippen LogP contribution in [0.2, 0.25) is 0 Å².